The van der Waals surface area contributed by atoms with Gasteiger partial charge in [-0.25, -0.2) is 0 Å². The van der Waals surface area contributed by atoms with Gasteiger partial charge in [0.15, 0.2) is 0 Å². The first kappa shape index (κ1) is 22.0. The number of thiophene rings is 1. The van der Waals surface area contributed by atoms with Crippen LogP contribution in [0.3, 0.4) is 0 Å². The lowest BCUT2D eigenvalue weighted by molar-refractivity contribution is 1.02. The highest BCUT2D eigenvalue weighted by Gasteiger charge is 2.17. The van der Waals surface area contributed by atoms with Crippen molar-refractivity contribution in [2.45, 2.75) is 0 Å². The average molecular weight is 529 g/mol. The summed E-state index contributed by atoms with van der Waals surface area (Å²) in [4.78, 5) is 0. The zero-order valence-electron chi connectivity index (χ0n) is 21.9. The minimum atomic E-state index is 1.18. The monoisotopic (exact) mass is 528 g/mol. The predicted octanol–water partition coefficient (Wildman–Crippen LogP) is 10.5. The fraction of sp³-hybridized carbons (Fsp3) is 0.0270. The average Bonchev–Trinajstić information content (AvgIpc) is 3.64. The first-order chi connectivity index (χ1) is 19.8. The number of rotatable bonds is 2. The van der Waals surface area contributed by atoms with Crippen LogP contribution in [0.4, 0.5) is 0 Å². The summed E-state index contributed by atoms with van der Waals surface area (Å²) >= 11 is 1.89. The molecule has 3 aromatic heterocycles. The highest BCUT2D eigenvalue weighted by atomic mass is 32.1. The van der Waals surface area contributed by atoms with E-state index in [0.29, 0.717) is 0 Å². The van der Waals surface area contributed by atoms with E-state index in [-0.39, 0.29) is 0 Å². The van der Waals surface area contributed by atoms with Gasteiger partial charge in [0, 0.05) is 65.5 Å². The summed E-state index contributed by atoms with van der Waals surface area (Å²) in [5.41, 5.74) is 8.73. The second kappa shape index (κ2) is 8.08. The number of benzene rings is 6. The van der Waals surface area contributed by atoms with Crippen molar-refractivity contribution in [3.63, 3.8) is 0 Å². The Morgan fingerprint density at radius 1 is 0.475 bits per heavy atom. The number of para-hydroxylation sites is 2. The van der Waals surface area contributed by atoms with Crippen molar-refractivity contribution < 1.29 is 0 Å². The second-order valence-corrected chi connectivity index (χ2v) is 11.7. The van der Waals surface area contributed by atoms with Gasteiger partial charge in [-0.3, -0.25) is 0 Å². The molecule has 40 heavy (non-hydrogen) atoms. The van der Waals surface area contributed by atoms with Gasteiger partial charge in [0.1, 0.15) is 0 Å². The molecule has 0 radical (unpaired) electrons. The summed E-state index contributed by atoms with van der Waals surface area (Å²) in [6.45, 7) is 0. The molecule has 0 bridgehead atoms. The van der Waals surface area contributed by atoms with Crippen molar-refractivity contribution in [1.82, 2.24) is 9.13 Å². The first-order valence-electron chi connectivity index (χ1n) is 13.7. The molecule has 2 nitrogen and oxygen atoms in total. The molecule has 0 fully saturated rings. The number of hydrogen-bond acceptors (Lipinski definition) is 1. The third-order valence-corrected chi connectivity index (χ3v) is 9.77. The van der Waals surface area contributed by atoms with Crippen LogP contribution >= 0.6 is 11.3 Å². The fourth-order valence-corrected chi connectivity index (χ4v) is 7.90. The maximum absolute atomic E-state index is 2.43. The molecule has 0 spiro atoms. The van der Waals surface area contributed by atoms with Crippen LogP contribution in [0.15, 0.2) is 127 Å². The van der Waals surface area contributed by atoms with Crippen LogP contribution in [0.25, 0.3) is 80.6 Å². The number of fused-ring (bicyclic) bond motifs is 9. The van der Waals surface area contributed by atoms with Crippen LogP contribution in [0, 0.1) is 0 Å². The van der Waals surface area contributed by atoms with E-state index in [1.807, 2.05) is 11.3 Å². The molecule has 0 aliphatic carbocycles. The molecule has 6 aromatic carbocycles. The van der Waals surface area contributed by atoms with E-state index >= 15 is 0 Å². The summed E-state index contributed by atoms with van der Waals surface area (Å²) in [6, 6.07) is 46.8. The van der Waals surface area contributed by atoms with E-state index in [9.17, 15) is 0 Å². The van der Waals surface area contributed by atoms with E-state index < -0.39 is 0 Å². The Kier molecular flexibility index (Phi) is 4.44. The van der Waals surface area contributed by atoms with Crippen molar-refractivity contribution in [2.24, 2.45) is 7.05 Å². The van der Waals surface area contributed by atoms with Gasteiger partial charge in [0.05, 0.1) is 11.0 Å². The molecule has 0 amide bonds. The number of hydrogen-bond donors (Lipinski definition) is 0. The molecule has 3 heteroatoms. The number of aromatic nitrogens is 2. The van der Waals surface area contributed by atoms with E-state index in [4.69, 9.17) is 0 Å². The largest absolute Gasteiger partial charge is 0.344 e. The molecule has 0 atom stereocenters. The van der Waals surface area contributed by atoms with E-state index in [1.165, 1.54) is 80.6 Å². The smallest absolute Gasteiger partial charge is 0.0548 e. The van der Waals surface area contributed by atoms with Gasteiger partial charge in [-0.05, 0) is 53.6 Å². The predicted molar refractivity (Wildman–Crippen MR) is 173 cm³/mol. The molecule has 0 aliphatic rings. The summed E-state index contributed by atoms with van der Waals surface area (Å²) in [7, 11) is 2.17. The van der Waals surface area contributed by atoms with Crippen molar-refractivity contribution in [2.75, 3.05) is 0 Å². The Morgan fingerprint density at radius 2 is 1.10 bits per heavy atom. The highest BCUT2D eigenvalue weighted by molar-refractivity contribution is 7.26. The molecule has 0 unspecified atom stereocenters. The zero-order chi connectivity index (χ0) is 26.4. The second-order valence-electron chi connectivity index (χ2n) is 10.6. The Hall–Kier alpha value is -4.86. The lowest BCUT2D eigenvalue weighted by Crippen LogP contribution is -1.94. The quantitative estimate of drug-likeness (QED) is 0.211. The van der Waals surface area contributed by atoms with E-state index in [2.05, 4.69) is 144 Å². The molecule has 3 heterocycles. The SMILES string of the molecule is Cn1c2ccccc2c2cc3c(cc21)c1ccccc1n3-c1ccc(-c2cccc3c2sc2ccccc23)cc1. The van der Waals surface area contributed by atoms with Crippen LogP contribution in [0.5, 0.6) is 0 Å². The van der Waals surface area contributed by atoms with Crippen LogP contribution in [-0.2, 0) is 7.05 Å². The summed E-state index contributed by atoms with van der Waals surface area (Å²) in [6.07, 6.45) is 0. The summed E-state index contributed by atoms with van der Waals surface area (Å²) in [5.74, 6) is 0. The Bertz CT molecular complexity index is 2430. The van der Waals surface area contributed by atoms with Crippen molar-refractivity contribution in [3.8, 4) is 16.8 Å². The molecule has 0 saturated heterocycles. The standard InChI is InChI=1S/C37H24N2S/c1-38-32-14-5-2-9-26(32)30-22-35-31(21-34(30)38)27-10-3-6-15-33(27)39(35)24-19-17-23(18-20-24)25-12-8-13-29-28-11-4-7-16-36(28)40-37(25)29/h2-22H,1H3. The third kappa shape index (κ3) is 2.93. The Morgan fingerprint density at radius 3 is 1.93 bits per heavy atom. The van der Waals surface area contributed by atoms with Crippen LogP contribution in [-0.4, -0.2) is 9.13 Å². The van der Waals surface area contributed by atoms with Crippen LogP contribution < -0.4 is 0 Å². The maximum Gasteiger partial charge on any atom is 0.0548 e. The van der Waals surface area contributed by atoms with Crippen molar-refractivity contribution in [1.29, 1.82) is 0 Å². The molecular weight excluding hydrogens is 504 g/mol. The van der Waals surface area contributed by atoms with Gasteiger partial charge >= 0.3 is 0 Å². The lowest BCUT2D eigenvalue weighted by Gasteiger charge is -2.10. The number of aryl methyl sites for hydroxylation is 1. The normalized spacial score (nSPS) is 12.1. The van der Waals surface area contributed by atoms with Gasteiger partial charge < -0.3 is 9.13 Å². The van der Waals surface area contributed by atoms with E-state index in [1.54, 1.807) is 0 Å². The Labute approximate surface area is 234 Å². The van der Waals surface area contributed by atoms with E-state index in [0.717, 1.165) is 0 Å². The molecule has 0 saturated carbocycles. The maximum atomic E-state index is 2.43. The Balaban J connectivity index is 1.27. The molecule has 9 rings (SSSR count). The first-order valence-corrected chi connectivity index (χ1v) is 14.5. The fourth-order valence-electron chi connectivity index (χ4n) is 6.66. The van der Waals surface area contributed by atoms with Gasteiger partial charge in [-0.15, -0.1) is 11.3 Å². The molecular formula is C37H24N2S. The van der Waals surface area contributed by atoms with Crippen molar-refractivity contribution in [3.05, 3.63) is 127 Å². The third-order valence-electron chi connectivity index (χ3n) is 8.55. The lowest BCUT2D eigenvalue weighted by atomic mass is 10.0. The minimum Gasteiger partial charge on any atom is -0.344 e. The zero-order valence-corrected chi connectivity index (χ0v) is 22.7. The van der Waals surface area contributed by atoms with Gasteiger partial charge in [-0.2, -0.15) is 0 Å². The van der Waals surface area contributed by atoms with Crippen LogP contribution in [0.2, 0.25) is 0 Å². The number of nitrogens with zero attached hydrogens (tertiary/aromatic N) is 2. The molecule has 0 aliphatic heterocycles. The molecule has 0 N–H and O–H groups in total. The topological polar surface area (TPSA) is 9.86 Å². The summed E-state index contributed by atoms with van der Waals surface area (Å²) in [5, 5.41) is 7.83. The molecule has 188 valence electrons. The van der Waals surface area contributed by atoms with Crippen LogP contribution in [0.1, 0.15) is 0 Å². The highest BCUT2D eigenvalue weighted by Crippen LogP contribution is 2.41. The van der Waals surface area contributed by atoms with Gasteiger partial charge in [-0.1, -0.05) is 84.9 Å². The summed E-state index contributed by atoms with van der Waals surface area (Å²) < 4.78 is 7.44. The minimum absolute atomic E-state index is 1.18. The van der Waals surface area contributed by atoms with Crippen molar-refractivity contribution >= 4 is 75.1 Å². The van der Waals surface area contributed by atoms with Gasteiger partial charge in [0.25, 0.3) is 0 Å². The molecule has 9 aromatic rings. The van der Waals surface area contributed by atoms with Gasteiger partial charge in [0.2, 0.25) is 0 Å².